The Morgan fingerprint density at radius 1 is 0.590 bits per heavy atom. The third kappa shape index (κ3) is 3.77. The summed E-state index contributed by atoms with van der Waals surface area (Å²) < 4.78 is 6.21. The highest BCUT2D eigenvalue weighted by molar-refractivity contribution is 6.07. The molecule has 0 bridgehead atoms. The van der Waals surface area contributed by atoms with Crippen LogP contribution in [0.3, 0.4) is 0 Å². The molecule has 2 atom stereocenters. The van der Waals surface area contributed by atoms with Crippen LogP contribution in [0.4, 0.5) is 0 Å². The summed E-state index contributed by atoms with van der Waals surface area (Å²) in [6, 6.07) is 44.6. The molecular weight excluding hydrogens is 478 g/mol. The maximum absolute atomic E-state index is 6.21. The molecule has 0 fully saturated rings. The highest BCUT2D eigenvalue weighted by Crippen LogP contribution is 2.36. The average Bonchev–Trinajstić information content (AvgIpc) is 3.39. The molecule has 4 nitrogen and oxygen atoms in total. The number of nitrogens with one attached hydrogen (secondary N) is 2. The molecule has 0 saturated carbocycles. The number of fused-ring (bicyclic) bond motifs is 5. The summed E-state index contributed by atoms with van der Waals surface area (Å²) in [7, 11) is 0. The lowest BCUT2D eigenvalue weighted by Crippen LogP contribution is -2.45. The van der Waals surface area contributed by atoms with Crippen LogP contribution >= 0.6 is 0 Å². The van der Waals surface area contributed by atoms with Crippen molar-refractivity contribution in [2.75, 3.05) is 0 Å². The molecule has 0 spiro atoms. The molecule has 2 unspecified atom stereocenters. The molecule has 2 heterocycles. The van der Waals surface area contributed by atoms with Crippen molar-refractivity contribution in [2.24, 2.45) is 4.99 Å². The minimum Gasteiger partial charge on any atom is -0.456 e. The monoisotopic (exact) mass is 503 g/mol. The molecule has 186 valence electrons. The number of hydrogen-bond donors (Lipinski definition) is 2. The number of rotatable bonds is 3. The molecule has 0 aliphatic carbocycles. The smallest absolute Gasteiger partial charge is 0.135 e. The van der Waals surface area contributed by atoms with Crippen molar-refractivity contribution in [1.82, 2.24) is 10.6 Å². The van der Waals surface area contributed by atoms with Gasteiger partial charge in [-0.1, -0.05) is 103 Å². The molecule has 7 aromatic rings. The highest BCUT2D eigenvalue weighted by atomic mass is 16.3. The number of amidine groups is 1. The van der Waals surface area contributed by atoms with Gasteiger partial charge in [-0.25, -0.2) is 4.99 Å². The molecule has 2 N–H and O–H groups in total. The lowest BCUT2D eigenvalue weighted by Gasteiger charge is -2.32. The van der Waals surface area contributed by atoms with E-state index in [1.54, 1.807) is 0 Å². The lowest BCUT2D eigenvalue weighted by atomic mass is 10.0. The second kappa shape index (κ2) is 8.83. The average molecular weight is 504 g/mol. The maximum Gasteiger partial charge on any atom is 0.135 e. The van der Waals surface area contributed by atoms with Crippen LogP contribution in [0.5, 0.6) is 0 Å². The van der Waals surface area contributed by atoms with Crippen LogP contribution in [0.15, 0.2) is 137 Å². The van der Waals surface area contributed by atoms with E-state index in [0.717, 1.165) is 44.5 Å². The molecule has 1 aliphatic rings. The van der Waals surface area contributed by atoms with Crippen molar-refractivity contribution in [3.63, 3.8) is 0 Å². The summed E-state index contributed by atoms with van der Waals surface area (Å²) in [4.78, 5) is 5.26. The summed E-state index contributed by atoms with van der Waals surface area (Å²) >= 11 is 0. The first-order valence-electron chi connectivity index (χ1n) is 13.3. The molecule has 0 radical (unpaired) electrons. The zero-order valence-electron chi connectivity index (χ0n) is 21.1. The van der Waals surface area contributed by atoms with Gasteiger partial charge >= 0.3 is 0 Å². The zero-order chi connectivity index (χ0) is 25.8. The van der Waals surface area contributed by atoms with Crippen LogP contribution in [0.1, 0.15) is 29.0 Å². The van der Waals surface area contributed by atoms with Gasteiger partial charge in [0.05, 0.1) is 0 Å². The van der Waals surface area contributed by atoms with Gasteiger partial charge in [-0.2, -0.15) is 0 Å². The number of benzene rings is 6. The first-order chi connectivity index (χ1) is 19.3. The lowest BCUT2D eigenvalue weighted by molar-refractivity contribution is 0.411. The van der Waals surface area contributed by atoms with Crippen molar-refractivity contribution in [3.05, 3.63) is 144 Å². The third-order valence-corrected chi connectivity index (χ3v) is 7.72. The Hall–Kier alpha value is -4.93. The third-order valence-electron chi connectivity index (χ3n) is 7.72. The predicted molar refractivity (Wildman–Crippen MR) is 160 cm³/mol. The van der Waals surface area contributed by atoms with Crippen LogP contribution in [-0.4, -0.2) is 5.84 Å². The fourth-order valence-corrected chi connectivity index (χ4v) is 5.79. The predicted octanol–water partition coefficient (Wildman–Crippen LogP) is 8.23. The van der Waals surface area contributed by atoms with Gasteiger partial charge in [-0.15, -0.1) is 0 Å². The number of hydrogen-bond acceptors (Lipinski definition) is 4. The van der Waals surface area contributed by atoms with Crippen molar-refractivity contribution >= 4 is 49.3 Å². The molecule has 8 rings (SSSR count). The fraction of sp³-hybridized carbons (Fsp3) is 0.0571. The summed E-state index contributed by atoms with van der Waals surface area (Å²) in [5, 5.41) is 14.6. The van der Waals surface area contributed by atoms with E-state index in [4.69, 9.17) is 9.41 Å². The number of furan rings is 1. The van der Waals surface area contributed by atoms with Crippen LogP contribution in [0.25, 0.3) is 43.5 Å². The molecule has 6 aromatic carbocycles. The van der Waals surface area contributed by atoms with Crippen molar-refractivity contribution in [3.8, 4) is 0 Å². The first kappa shape index (κ1) is 22.1. The quantitative estimate of drug-likeness (QED) is 0.255. The summed E-state index contributed by atoms with van der Waals surface area (Å²) in [6.07, 6.45) is -0.402. The Bertz CT molecular complexity index is 2050. The van der Waals surface area contributed by atoms with E-state index in [9.17, 15) is 0 Å². The Morgan fingerprint density at radius 2 is 1.28 bits per heavy atom. The Labute approximate surface area is 225 Å². The van der Waals surface area contributed by atoms with Crippen LogP contribution in [0.2, 0.25) is 0 Å². The molecular formula is C35H25N3O. The minimum atomic E-state index is -0.270. The van der Waals surface area contributed by atoms with Crippen molar-refractivity contribution in [1.29, 1.82) is 0 Å². The molecule has 1 aromatic heterocycles. The minimum absolute atomic E-state index is 0.132. The van der Waals surface area contributed by atoms with E-state index in [2.05, 4.69) is 120 Å². The van der Waals surface area contributed by atoms with Gasteiger partial charge in [0.15, 0.2) is 0 Å². The summed E-state index contributed by atoms with van der Waals surface area (Å²) in [5.41, 5.74) is 5.09. The number of aliphatic imine (C=N–C) groups is 1. The van der Waals surface area contributed by atoms with Gasteiger partial charge in [0, 0.05) is 21.9 Å². The van der Waals surface area contributed by atoms with E-state index in [1.807, 2.05) is 18.2 Å². The van der Waals surface area contributed by atoms with E-state index >= 15 is 0 Å². The maximum atomic E-state index is 6.21. The molecule has 39 heavy (non-hydrogen) atoms. The van der Waals surface area contributed by atoms with E-state index in [1.165, 1.54) is 21.5 Å². The largest absolute Gasteiger partial charge is 0.456 e. The van der Waals surface area contributed by atoms with E-state index in [0.29, 0.717) is 0 Å². The molecule has 0 saturated heterocycles. The van der Waals surface area contributed by atoms with Gasteiger partial charge in [-0.05, 0) is 51.4 Å². The van der Waals surface area contributed by atoms with Gasteiger partial charge in [-0.3, -0.25) is 5.32 Å². The SMILES string of the molecule is c1ccc2cc(C3=NC(c4cccc5oc6ccccc6c45)NC(c4ccc5ccccc5c4)N3)ccc2c1. The summed E-state index contributed by atoms with van der Waals surface area (Å²) in [6.45, 7) is 0. The van der Waals surface area contributed by atoms with Crippen LogP contribution in [-0.2, 0) is 0 Å². The van der Waals surface area contributed by atoms with E-state index in [-0.39, 0.29) is 12.3 Å². The van der Waals surface area contributed by atoms with Gasteiger partial charge < -0.3 is 9.73 Å². The Morgan fingerprint density at radius 3 is 2.13 bits per heavy atom. The van der Waals surface area contributed by atoms with Crippen molar-refractivity contribution in [2.45, 2.75) is 12.3 Å². The second-order valence-corrected chi connectivity index (χ2v) is 10.1. The number of nitrogens with zero attached hydrogens (tertiary/aromatic N) is 1. The number of para-hydroxylation sites is 1. The van der Waals surface area contributed by atoms with E-state index < -0.39 is 0 Å². The molecule has 4 heteroatoms. The molecule has 1 aliphatic heterocycles. The van der Waals surface area contributed by atoms with Crippen molar-refractivity contribution < 1.29 is 4.42 Å². The van der Waals surface area contributed by atoms with Gasteiger partial charge in [0.2, 0.25) is 0 Å². The van der Waals surface area contributed by atoms with Gasteiger partial charge in [0.1, 0.15) is 29.3 Å². The van der Waals surface area contributed by atoms with Crippen LogP contribution < -0.4 is 10.6 Å². The normalized spacial score (nSPS) is 17.5. The second-order valence-electron chi connectivity index (χ2n) is 10.1. The molecule has 0 amide bonds. The topological polar surface area (TPSA) is 49.6 Å². The van der Waals surface area contributed by atoms with Gasteiger partial charge in [0.25, 0.3) is 0 Å². The standard InChI is InChI=1S/C35H25N3O/c1-3-10-24-20-26(18-16-22(24)8-1)33-36-34(27-19-17-23-9-2-4-11-25(23)21-27)38-35(37-33)29-13-7-15-31-32(29)28-12-5-6-14-30(28)39-31/h1-21,33,35,37H,(H,36,38). The fourth-order valence-electron chi connectivity index (χ4n) is 5.79. The van der Waals surface area contributed by atoms with Crippen LogP contribution in [0, 0.1) is 0 Å². The Kier molecular flexibility index (Phi) is 5.00. The zero-order valence-corrected chi connectivity index (χ0v) is 21.1. The highest BCUT2D eigenvalue weighted by Gasteiger charge is 2.28. The Balaban J connectivity index is 1.30. The first-order valence-corrected chi connectivity index (χ1v) is 13.3. The summed E-state index contributed by atoms with van der Waals surface area (Å²) in [5.74, 6) is 0.868.